The molecule has 1 aromatic rings. The van der Waals surface area contributed by atoms with Crippen molar-refractivity contribution < 1.29 is 4.79 Å². The summed E-state index contributed by atoms with van der Waals surface area (Å²) in [6.07, 6.45) is 0. The van der Waals surface area contributed by atoms with E-state index < -0.39 is 0 Å². The van der Waals surface area contributed by atoms with Crippen LogP contribution in [0.15, 0.2) is 18.2 Å². The number of nitrogens with one attached hydrogen (secondary N) is 1. The van der Waals surface area contributed by atoms with Crippen LogP contribution >= 0.6 is 11.8 Å². The Kier molecular flexibility index (Phi) is 3.62. The Bertz CT molecular complexity index is 433. The summed E-state index contributed by atoms with van der Waals surface area (Å²) in [5.74, 6) is 1.03. The van der Waals surface area contributed by atoms with Gasteiger partial charge in [0, 0.05) is 18.0 Å². The van der Waals surface area contributed by atoms with Crippen molar-refractivity contribution in [2.45, 2.75) is 26.1 Å². The van der Waals surface area contributed by atoms with Crippen molar-refractivity contribution in [3.8, 4) is 0 Å². The van der Waals surface area contributed by atoms with Crippen molar-refractivity contribution in [3.63, 3.8) is 0 Å². The van der Waals surface area contributed by atoms with Crippen LogP contribution in [-0.4, -0.2) is 28.6 Å². The largest absolute Gasteiger partial charge is 0.322 e. The average molecular weight is 250 g/mol. The molecular weight excluding hydrogens is 232 g/mol. The average Bonchev–Trinajstić information content (AvgIpc) is 2.70. The monoisotopic (exact) mass is 250 g/mol. The smallest absolute Gasteiger partial charge is 0.312 e. The Morgan fingerprint density at radius 1 is 1.47 bits per heavy atom. The standard InChI is InChI=1S/C13H18N2OS/c1-9-4-5-10(2)12(8-9)14-13(16)15-6-7-17-11(15)3/h4-5,8,11H,6-7H2,1-3H3,(H,14,16)/t11-/m1/s1. The number of hydrogen-bond donors (Lipinski definition) is 1. The summed E-state index contributed by atoms with van der Waals surface area (Å²) >= 11 is 1.82. The number of amides is 2. The zero-order valence-electron chi connectivity index (χ0n) is 10.5. The molecule has 1 N–H and O–H groups in total. The van der Waals surface area contributed by atoms with Gasteiger partial charge in [-0.1, -0.05) is 12.1 Å². The molecule has 2 amide bonds. The highest BCUT2D eigenvalue weighted by molar-refractivity contribution is 8.00. The van der Waals surface area contributed by atoms with Crippen LogP contribution in [0.4, 0.5) is 10.5 Å². The van der Waals surface area contributed by atoms with Gasteiger partial charge < -0.3 is 10.2 Å². The van der Waals surface area contributed by atoms with Gasteiger partial charge >= 0.3 is 6.03 Å². The first-order valence-electron chi connectivity index (χ1n) is 5.84. The molecule has 1 aliphatic heterocycles. The summed E-state index contributed by atoms with van der Waals surface area (Å²) in [4.78, 5) is 14.0. The number of benzene rings is 1. The highest BCUT2D eigenvalue weighted by Crippen LogP contribution is 2.24. The van der Waals surface area contributed by atoms with E-state index in [1.165, 1.54) is 0 Å². The van der Waals surface area contributed by atoms with E-state index in [0.29, 0.717) is 0 Å². The molecule has 0 radical (unpaired) electrons. The minimum absolute atomic E-state index is 0.0104. The second kappa shape index (κ2) is 5.00. The zero-order valence-corrected chi connectivity index (χ0v) is 11.3. The molecule has 1 fully saturated rings. The van der Waals surface area contributed by atoms with Crippen molar-refractivity contribution >= 4 is 23.5 Å². The topological polar surface area (TPSA) is 32.3 Å². The summed E-state index contributed by atoms with van der Waals surface area (Å²) in [6.45, 7) is 6.95. The predicted octanol–water partition coefficient (Wildman–Crippen LogP) is 3.23. The Hall–Kier alpha value is -1.16. The molecule has 1 heterocycles. The first-order valence-corrected chi connectivity index (χ1v) is 6.89. The lowest BCUT2D eigenvalue weighted by atomic mass is 10.1. The molecule has 0 saturated carbocycles. The molecule has 0 aromatic heterocycles. The van der Waals surface area contributed by atoms with Crippen molar-refractivity contribution in [2.24, 2.45) is 0 Å². The lowest BCUT2D eigenvalue weighted by Gasteiger charge is -2.21. The highest BCUT2D eigenvalue weighted by Gasteiger charge is 2.25. The van der Waals surface area contributed by atoms with Gasteiger partial charge in [-0.2, -0.15) is 0 Å². The molecule has 1 aliphatic rings. The van der Waals surface area contributed by atoms with Gasteiger partial charge in [0.2, 0.25) is 0 Å². The Morgan fingerprint density at radius 2 is 2.24 bits per heavy atom. The maximum absolute atomic E-state index is 12.1. The fourth-order valence-electron chi connectivity index (χ4n) is 1.92. The fourth-order valence-corrected chi connectivity index (χ4v) is 2.94. The molecule has 1 saturated heterocycles. The van der Waals surface area contributed by atoms with Crippen molar-refractivity contribution in [2.75, 3.05) is 17.6 Å². The maximum Gasteiger partial charge on any atom is 0.322 e. The van der Waals surface area contributed by atoms with Gasteiger partial charge in [-0.25, -0.2) is 4.79 Å². The number of rotatable bonds is 1. The first kappa shape index (κ1) is 12.3. The van der Waals surface area contributed by atoms with Crippen molar-refractivity contribution in [3.05, 3.63) is 29.3 Å². The third-order valence-electron chi connectivity index (χ3n) is 3.03. The van der Waals surface area contributed by atoms with Crippen LogP contribution in [0.2, 0.25) is 0 Å². The van der Waals surface area contributed by atoms with E-state index in [0.717, 1.165) is 29.1 Å². The van der Waals surface area contributed by atoms with E-state index in [1.807, 2.05) is 42.6 Å². The highest BCUT2D eigenvalue weighted by atomic mass is 32.2. The van der Waals surface area contributed by atoms with Crippen molar-refractivity contribution in [1.29, 1.82) is 0 Å². The van der Waals surface area contributed by atoms with E-state index in [4.69, 9.17) is 0 Å². The minimum Gasteiger partial charge on any atom is -0.312 e. The molecule has 0 bridgehead atoms. The van der Waals surface area contributed by atoms with Crippen LogP contribution in [0.1, 0.15) is 18.1 Å². The van der Waals surface area contributed by atoms with Gasteiger partial charge in [0.1, 0.15) is 0 Å². The summed E-state index contributed by atoms with van der Waals surface area (Å²) < 4.78 is 0. The van der Waals surface area contributed by atoms with Crippen LogP contribution < -0.4 is 5.32 Å². The van der Waals surface area contributed by atoms with Gasteiger partial charge in [0.05, 0.1) is 5.37 Å². The van der Waals surface area contributed by atoms with Crippen LogP contribution in [-0.2, 0) is 0 Å². The van der Waals surface area contributed by atoms with E-state index in [2.05, 4.69) is 18.3 Å². The molecule has 92 valence electrons. The molecule has 2 rings (SSSR count). The van der Waals surface area contributed by atoms with E-state index in [-0.39, 0.29) is 11.4 Å². The molecule has 0 spiro atoms. The third kappa shape index (κ3) is 2.75. The first-order chi connectivity index (χ1) is 8.08. The molecule has 4 heteroatoms. The number of anilines is 1. The molecule has 1 aromatic carbocycles. The third-order valence-corrected chi connectivity index (χ3v) is 4.18. The number of thioether (sulfide) groups is 1. The molecular formula is C13H18N2OS. The molecule has 0 unspecified atom stereocenters. The SMILES string of the molecule is Cc1ccc(C)c(NC(=O)N2CCS[C@@H]2C)c1. The van der Waals surface area contributed by atoms with E-state index in [9.17, 15) is 4.79 Å². The van der Waals surface area contributed by atoms with Gasteiger partial charge in [-0.15, -0.1) is 11.8 Å². The number of hydrogen-bond acceptors (Lipinski definition) is 2. The summed E-state index contributed by atoms with van der Waals surface area (Å²) in [6, 6.07) is 6.12. The fraction of sp³-hybridized carbons (Fsp3) is 0.462. The van der Waals surface area contributed by atoms with Crippen LogP contribution in [0.25, 0.3) is 0 Å². The maximum atomic E-state index is 12.1. The lowest BCUT2D eigenvalue weighted by molar-refractivity contribution is 0.216. The number of carbonyl (C=O) groups excluding carboxylic acids is 1. The van der Waals surface area contributed by atoms with E-state index in [1.54, 1.807) is 0 Å². The van der Waals surface area contributed by atoms with Crippen LogP contribution in [0, 0.1) is 13.8 Å². The molecule has 17 heavy (non-hydrogen) atoms. The zero-order chi connectivity index (χ0) is 12.4. The lowest BCUT2D eigenvalue weighted by Crippen LogP contribution is -2.36. The van der Waals surface area contributed by atoms with Gasteiger partial charge in [-0.05, 0) is 38.0 Å². The number of carbonyl (C=O) groups is 1. The Balaban J connectivity index is 2.10. The number of nitrogens with zero attached hydrogens (tertiary/aromatic N) is 1. The molecule has 1 atom stereocenters. The minimum atomic E-state index is 0.0104. The van der Waals surface area contributed by atoms with E-state index >= 15 is 0 Å². The summed E-state index contributed by atoms with van der Waals surface area (Å²) in [7, 11) is 0. The van der Waals surface area contributed by atoms with Crippen molar-refractivity contribution in [1.82, 2.24) is 4.90 Å². The number of aryl methyl sites for hydroxylation is 2. The quantitative estimate of drug-likeness (QED) is 0.830. The molecule has 3 nitrogen and oxygen atoms in total. The Morgan fingerprint density at radius 3 is 2.88 bits per heavy atom. The van der Waals surface area contributed by atoms with Crippen LogP contribution in [0.5, 0.6) is 0 Å². The normalized spacial score (nSPS) is 19.5. The number of urea groups is 1. The summed E-state index contributed by atoms with van der Waals surface area (Å²) in [5.41, 5.74) is 3.18. The van der Waals surface area contributed by atoms with Gasteiger partial charge in [-0.3, -0.25) is 0 Å². The Labute approximate surface area is 107 Å². The molecule has 0 aliphatic carbocycles. The van der Waals surface area contributed by atoms with Gasteiger partial charge in [0.15, 0.2) is 0 Å². The van der Waals surface area contributed by atoms with Gasteiger partial charge in [0.25, 0.3) is 0 Å². The second-order valence-electron chi connectivity index (χ2n) is 4.41. The summed E-state index contributed by atoms with van der Waals surface area (Å²) in [5, 5.41) is 3.27. The predicted molar refractivity (Wildman–Crippen MR) is 73.6 cm³/mol. The second-order valence-corrected chi connectivity index (χ2v) is 5.84. The van der Waals surface area contributed by atoms with Crippen LogP contribution in [0.3, 0.4) is 0 Å².